The minimum absolute atomic E-state index is 0.0393. The van der Waals surface area contributed by atoms with Crippen LogP contribution in [0.5, 0.6) is 0 Å². The SMILES string of the molecule is COC(=O)c1c(C(F)F)nc(C(F)(F)F)c(C(C#N)=C2CCCO2)c1CC1CC1. The lowest BCUT2D eigenvalue weighted by atomic mass is 9.88. The zero-order valence-corrected chi connectivity index (χ0v) is 15.4. The summed E-state index contributed by atoms with van der Waals surface area (Å²) in [5.41, 5.74) is -4.98. The van der Waals surface area contributed by atoms with Gasteiger partial charge in [0, 0.05) is 12.0 Å². The quantitative estimate of drug-likeness (QED) is 0.391. The minimum atomic E-state index is -5.12. The fraction of sp³-hybridized carbons (Fsp3) is 0.526. The second kappa shape index (κ2) is 7.97. The number of carbonyl (C=O) groups excluding carboxylic acids is 1. The predicted octanol–water partition coefficient (Wildman–Crippen LogP) is 4.82. The molecule has 0 aromatic carbocycles. The number of aromatic nitrogens is 1. The molecule has 0 unspecified atom stereocenters. The van der Waals surface area contributed by atoms with Crippen molar-refractivity contribution >= 4 is 11.5 Å². The molecule has 0 atom stereocenters. The van der Waals surface area contributed by atoms with E-state index >= 15 is 0 Å². The molecule has 1 saturated carbocycles. The number of alkyl halides is 5. The van der Waals surface area contributed by atoms with E-state index in [1.807, 2.05) is 0 Å². The smallest absolute Gasteiger partial charge is 0.434 e. The van der Waals surface area contributed by atoms with Gasteiger partial charge in [0.1, 0.15) is 17.5 Å². The maximum atomic E-state index is 13.8. The summed E-state index contributed by atoms with van der Waals surface area (Å²) >= 11 is 0. The first kappa shape index (κ1) is 21.0. The largest absolute Gasteiger partial charge is 0.497 e. The number of esters is 1. The Bertz CT molecular complexity index is 891. The molecular formula is C19H17F5N2O3. The first-order valence-corrected chi connectivity index (χ1v) is 8.95. The Labute approximate surface area is 163 Å². The third-order valence-electron chi connectivity index (χ3n) is 4.85. The fourth-order valence-corrected chi connectivity index (χ4v) is 3.39. The zero-order chi connectivity index (χ0) is 21.3. The maximum absolute atomic E-state index is 13.8. The number of allylic oxidation sites excluding steroid dienone is 2. The van der Waals surface area contributed by atoms with E-state index < -0.39 is 46.7 Å². The molecule has 1 aromatic heterocycles. The summed E-state index contributed by atoms with van der Waals surface area (Å²) < 4.78 is 78.6. The highest BCUT2D eigenvalue weighted by molar-refractivity contribution is 5.96. The van der Waals surface area contributed by atoms with Crippen molar-refractivity contribution in [2.45, 2.75) is 44.7 Å². The van der Waals surface area contributed by atoms with Crippen LogP contribution >= 0.6 is 0 Å². The van der Waals surface area contributed by atoms with Crippen molar-refractivity contribution in [3.63, 3.8) is 0 Å². The summed E-state index contributed by atoms with van der Waals surface area (Å²) in [6.07, 6.45) is -6.51. The topological polar surface area (TPSA) is 72.2 Å². The average molecular weight is 416 g/mol. The van der Waals surface area contributed by atoms with E-state index in [4.69, 9.17) is 4.74 Å². The molecule has 10 heteroatoms. The Morgan fingerprint density at radius 2 is 2.03 bits per heavy atom. The Morgan fingerprint density at radius 3 is 2.48 bits per heavy atom. The number of halogens is 5. The second-order valence-electron chi connectivity index (χ2n) is 6.87. The van der Waals surface area contributed by atoms with E-state index in [-0.39, 0.29) is 36.7 Å². The third kappa shape index (κ3) is 4.18. The molecule has 1 aliphatic heterocycles. The molecule has 29 heavy (non-hydrogen) atoms. The number of rotatable bonds is 5. The molecule has 0 spiro atoms. The molecule has 0 radical (unpaired) electrons. The van der Waals surface area contributed by atoms with Gasteiger partial charge in [-0.25, -0.2) is 18.6 Å². The van der Waals surface area contributed by atoms with Gasteiger partial charge in [-0.05, 0) is 37.2 Å². The minimum Gasteiger partial charge on any atom is -0.497 e. The first-order valence-electron chi connectivity index (χ1n) is 8.95. The third-order valence-corrected chi connectivity index (χ3v) is 4.85. The van der Waals surface area contributed by atoms with Crippen LogP contribution in [0.4, 0.5) is 22.0 Å². The highest BCUT2D eigenvalue weighted by Crippen LogP contribution is 2.44. The van der Waals surface area contributed by atoms with E-state index in [9.17, 15) is 32.0 Å². The summed E-state index contributed by atoms with van der Waals surface area (Å²) in [5.74, 6) is -1.24. The summed E-state index contributed by atoms with van der Waals surface area (Å²) in [5, 5.41) is 9.62. The predicted molar refractivity (Wildman–Crippen MR) is 89.7 cm³/mol. The van der Waals surface area contributed by atoms with Crippen molar-refractivity contribution in [2.75, 3.05) is 13.7 Å². The lowest BCUT2D eigenvalue weighted by Gasteiger charge is -2.21. The van der Waals surface area contributed by atoms with E-state index in [0.29, 0.717) is 19.3 Å². The van der Waals surface area contributed by atoms with Crippen LogP contribution < -0.4 is 0 Å². The summed E-state index contributed by atoms with van der Waals surface area (Å²) in [6.45, 7) is 0.228. The van der Waals surface area contributed by atoms with Crippen LogP contribution in [0.2, 0.25) is 0 Å². The van der Waals surface area contributed by atoms with Gasteiger partial charge in [0.25, 0.3) is 6.43 Å². The molecular weight excluding hydrogens is 399 g/mol. The number of hydrogen-bond donors (Lipinski definition) is 0. The van der Waals surface area contributed by atoms with Gasteiger partial charge in [-0.15, -0.1) is 0 Å². The van der Waals surface area contributed by atoms with Crippen LogP contribution in [0.1, 0.15) is 65.0 Å². The molecule has 1 saturated heterocycles. The van der Waals surface area contributed by atoms with Crippen LogP contribution in [0.15, 0.2) is 5.76 Å². The molecule has 1 aromatic rings. The first-order chi connectivity index (χ1) is 13.7. The number of hydrogen-bond acceptors (Lipinski definition) is 5. The lowest BCUT2D eigenvalue weighted by molar-refractivity contribution is -0.141. The van der Waals surface area contributed by atoms with Gasteiger partial charge >= 0.3 is 12.1 Å². The Kier molecular flexibility index (Phi) is 5.78. The molecule has 3 rings (SSSR count). The number of nitrogens with zero attached hydrogens (tertiary/aromatic N) is 2. The number of nitriles is 1. The van der Waals surface area contributed by atoms with Gasteiger partial charge in [0.05, 0.1) is 24.9 Å². The second-order valence-corrected chi connectivity index (χ2v) is 6.87. The average Bonchev–Trinajstić information content (AvgIpc) is 3.31. The van der Waals surface area contributed by atoms with Crippen molar-refractivity contribution < 1.29 is 36.2 Å². The summed E-state index contributed by atoms with van der Waals surface area (Å²) in [4.78, 5) is 15.4. The van der Waals surface area contributed by atoms with E-state index in [1.54, 1.807) is 6.07 Å². The Morgan fingerprint density at radius 1 is 1.34 bits per heavy atom. The number of carbonyl (C=O) groups is 1. The van der Waals surface area contributed by atoms with Gasteiger partial charge in [-0.1, -0.05) is 0 Å². The fourth-order valence-electron chi connectivity index (χ4n) is 3.39. The molecule has 5 nitrogen and oxygen atoms in total. The highest BCUT2D eigenvalue weighted by Gasteiger charge is 2.43. The van der Waals surface area contributed by atoms with Crippen LogP contribution in [-0.4, -0.2) is 24.7 Å². The van der Waals surface area contributed by atoms with Gasteiger partial charge in [-0.3, -0.25) is 0 Å². The molecule has 2 aliphatic rings. The van der Waals surface area contributed by atoms with Crippen LogP contribution in [0.3, 0.4) is 0 Å². The molecule has 0 amide bonds. The lowest BCUT2D eigenvalue weighted by Crippen LogP contribution is -2.22. The van der Waals surface area contributed by atoms with Crippen molar-refractivity contribution in [2.24, 2.45) is 5.92 Å². The van der Waals surface area contributed by atoms with Crippen molar-refractivity contribution in [1.29, 1.82) is 5.26 Å². The number of pyridine rings is 1. The zero-order valence-electron chi connectivity index (χ0n) is 15.4. The highest BCUT2D eigenvalue weighted by atomic mass is 19.4. The monoisotopic (exact) mass is 416 g/mol. The van der Waals surface area contributed by atoms with E-state index in [0.717, 1.165) is 7.11 Å². The maximum Gasteiger partial charge on any atom is 0.434 e. The molecule has 2 heterocycles. The van der Waals surface area contributed by atoms with Gasteiger partial charge < -0.3 is 9.47 Å². The van der Waals surface area contributed by atoms with Gasteiger partial charge in [0.2, 0.25) is 0 Å². The molecule has 1 aliphatic carbocycles. The molecule has 0 bridgehead atoms. The molecule has 0 N–H and O–H groups in total. The molecule has 156 valence electrons. The van der Waals surface area contributed by atoms with Crippen LogP contribution in [0.25, 0.3) is 5.57 Å². The van der Waals surface area contributed by atoms with Crippen molar-refractivity contribution in [3.05, 3.63) is 33.8 Å². The van der Waals surface area contributed by atoms with Gasteiger partial charge in [-0.2, -0.15) is 18.4 Å². The normalized spacial score (nSPS) is 18.4. The summed E-state index contributed by atoms with van der Waals surface area (Å²) in [7, 11) is 0.944. The molecule has 2 fully saturated rings. The number of methoxy groups -OCH3 is 1. The standard InChI is InChI=1S/C19H17F5N2O3/c1-28-18(27)14-10(7-9-4-5-9)13(11(8-25)12-3-2-6-29-12)16(19(22,23)24)26-15(14)17(20)21/h9,17H,2-7H2,1H3. The van der Waals surface area contributed by atoms with Crippen LogP contribution in [0, 0.1) is 17.2 Å². The Balaban J connectivity index is 2.43. The van der Waals surface area contributed by atoms with Crippen molar-refractivity contribution in [1.82, 2.24) is 4.98 Å². The Hall–Kier alpha value is -2.70. The van der Waals surface area contributed by atoms with E-state index in [2.05, 4.69) is 9.72 Å². The van der Waals surface area contributed by atoms with E-state index in [1.165, 1.54) is 0 Å². The van der Waals surface area contributed by atoms with Crippen LogP contribution in [-0.2, 0) is 22.1 Å². The van der Waals surface area contributed by atoms with Gasteiger partial charge in [0.15, 0.2) is 5.69 Å². The van der Waals surface area contributed by atoms with Crippen molar-refractivity contribution in [3.8, 4) is 6.07 Å². The summed E-state index contributed by atoms with van der Waals surface area (Å²) in [6, 6.07) is 1.71. The number of ether oxygens (including phenoxy) is 2.